The van der Waals surface area contributed by atoms with Gasteiger partial charge in [0.15, 0.2) is 10.8 Å². The Balaban J connectivity index is 1.75. The zero-order chi connectivity index (χ0) is 19.6. The number of halogens is 1. The van der Waals surface area contributed by atoms with Crippen LogP contribution < -0.4 is 10.6 Å². The normalized spacial score (nSPS) is 13.4. The van der Waals surface area contributed by atoms with Gasteiger partial charge in [-0.15, -0.1) is 11.3 Å². The monoisotopic (exact) mass is 404 g/mol. The maximum absolute atomic E-state index is 12.6. The second kappa shape index (κ2) is 7.99. The molecular formula is C18H17ClN4O3S. The van der Waals surface area contributed by atoms with Crippen LogP contribution in [0.3, 0.4) is 0 Å². The number of anilines is 1. The minimum Gasteiger partial charge on any atom is -0.380 e. The minimum absolute atomic E-state index is 0.0149. The third kappa shape index (κ3) is 4.41. The van der Waals surface area contributed by atoms with Crippen molar-refractivity contribution < 1.29 is 14.4 Å². The molecule has 0 spiro atoms. The molecule has 2 aromatic rings. The Kier molecular flexibility index (Phi) is 5.69. The molecule has 27 heavy (non-hydrogen) atoms. The fourth-order valence-electron chi connectivity index (χ4n) is 2.39. The molecular weight excluding hydrogens is 388 g/mol. The summed E-state index contributed by atoms with van der Waals surface area (Å²) in [6, 6.07) is 6.59. The molecule has 1 aromatic heterocycles. The first kappa shape index (κ1) is 19.2. The van der Waals surface area contributed by atoms with Crippen LogP contribution in [0, 0.1) is 0 Å². The molecule has 1 heterocycles. The SMILES string of the molecule is CN(C)CCNC1=CC(=O)c2sc(C(=O)Nc3ccc(Cl)cc3)nc2C1=O. The summed E-state index contributed by atoms with van der Waals surface area (Å²) >= 11 is 6.73. The molecule has 1 aliphatic rings. The Hall–Kier alpha value is -2.55. The van der Waals surface area contributed by atoms with Crippen molar-refractivity contribution in [2.75, 3.05) is 32.5 Å². The smallest absolute Gasteiger partial charge is 0.284 e. The van der Waals surface area contributed by atoms with Gasteiger partial charge in [-0.3, -0.25) is 14.4 Å². The lowest BCUT2D eigenvalue weighted by Gasteiger charge is -2.15. The van der Waals surface area contributed by atoms with E-state index < -0.39 is 5.91 Å². The van der Waals surface area contributed by atoms with Crippen LogP contribution in [-0.4, -0.2) is 54.5 Å². The first-order valence-corrected chi connectivity index (χ1v) is 9.31. The molecule has 0 radical (unpaired) electrons. The molecule has 0 atom stereocenters. The number of fused-ring (bicyclic) bond motifs is 1. The molecule has 0 bridgehead atoms. The minimum atomic E-state index is -0.487. The van der Waals surface area contributed by atoms with Crippen LogP contribution in [0.1, 0.15) is 30.0 Å². The van der Waals surface area contributed by atoms with Gasteiger partial charge < -0.3 is 15.5 Å². The van der Waals surface area contributed by atoms with E-state index in [1.807, 2.05) is 19.0 Å². The van der Waals surface area contributed by atoms with Crippen LogP contribution in [0.4, 0.5) is 5.69 Å². The Morgan fingerprint density at radius 1 is 1.22 bits per heavy atom. The lowest BCUT2D eigenvalue weighted by molar-refractivity contribution is 0.0976. The Morgan fingerprint density at radius 3 is 2.59 bits per heavy atom. The predicted octanol–water partition coefficient (Wildman–Crippen LogP) is 2.46. The number of hydrogen-bond acceptors (Lipinski definition) is 7. The van der Waals surface area contributed by atoms with Gasteiger partial charge in [0, 0.05) is 29.9 Å². The van der Waals surface area contributed by atoms with Crippen molar-refractivity contribution >= 4 is 46.1 Å². The van der Waals surface area contributed by atoms with Gasteiger partial charge in [-0.1, -0.05) is 11.6 Å². The second-order valence-corrected chi connectivity index (χ2v) is 7.57. The first-order chi connectivity index (χ1) is 12.8. The number of thiazole rings is 1. The molecule has 140 valence electrons. The molecule has 0 aliphatic heterocycles. The molecule has 2 N–H and O–H groups in total. The highest BCUT2D eigenvalue weighted by Crippen LogP contribution is 2.26. The van der Waals surface area contributed by atoms with Crippen LogP contribution in [0.15, 0.2) is 36.0 Å². The van der Waals surface area contributed by atoms with E-state index in [9.17, 15) is 14.4 Å². The molecule has 1 aromatic carbocycles. The molecule has 0 saturated carbocycles. The third-order valence-corrected chi connectivity index (χ3v) is 5.08. The zero-order valence-electron chi connectivity index (χ0n) is 14.7. The van der Waals surface area contributed by atoms with Gasteiger partial charge in [-0.2, -0.15) is 0 Å². The number of allylic oxidation sites excluding steroid dienone is 2. The standard InChI is InChI=1S/C18H17ClN4O3S/c1-23(2)8-7-20-12-9-13(24)16-14(15(12)25)22-18(27-16)17(26)21-11-5-3-10(19)4-6-11/h3-6,9,20H,7-8H2,1-2H3,(H,21,26). The molecule has 0 saturated heterocycles. The number of rotatable bonds is 6. The number of Topliss-reactive ketones (excluding diaryl/α,β-unsaturated/α-hetero) is 1. The van der Waals surface area contributed by atoms with Gasteiger partial charge in [0.1, 0.15) is 10.6 Å². The van der Waals surface area contributed by atoms with Crippen LogP contribution in [-0.2, 0) is 0 Å². The summed E-state index contributed by atoms with van der Waals surface area (Å²) in [7, 11) is 3.82. The highest BCUT2D eigenvalue weighted by molar-refractivity contribution is 7.16. The van der Waals surface area contributed by atoms with E-state index in [2.05, 4.69) is 15.6 Å². The van der Waals surface area contributed by atoms with Crippen LogP contribution in [0.5, 0.6) is 0 Å². The highest BCUT2D eigenvalue weighted by atomic mass is 35.5. The van der Waals surface area contributed by atoms with Gasteiger partial charge in [0.2, 0.25) is 5.78 Å². The molecule has 9 heteroatoms. The van der Waals surface area contributed by atoms with Crippen LogP contribution >= 0.6 is 22.9 Å². The average molecular weight is 405 g/mol. The summed E-state index contributed by atoms with van der Waals surface area (Å²) < 4.78 is 0. The fourth-order valence-corrected chi connectivity index (χ4v) is 3.39. The molecule has 1 aliphatic carbocycles. The van der Waals surface area contributed by atoms with Gasteiger partial charge >= 0.3 is 0 Å². The summed E-state index contributed by atoms with van der Waals surface area (Å²) in [6.07, 6.45) is 1.26. The largest absolute Gasteiger partial charge is 0.380 e. The summed E-state index contributed by atoms with van der Waals surface area (Å²) in [5.41, 5.74) is 0.754. The number of likely N-dealkylation sites (N-methyl/N-ethyl adjacent to an activating group) is 1. The molecule has 3 rings (SSSR count). The molecule has 1 amide bonds. The molecule has 7 nitrogen and oxygen atoms in total. The Morgan fingerprint density at radius 2 is 1.93 bits per heavy atom. The van der Waals surface area contributed by atoms with Crippen molar-refractivity contribution in [3.63, 3.8) is 0 Å². The number of nitrogens with zero attached hydrogens (tertiary/aromatic N) is 2. The number of aromatic nitrogens is 1. The average Bonchev–Trinajstić information content (AvgIpc) is 3.07. The van der Waals surface area contributed by atoms with Crippen molar-refractivity contribution in [2.24, 2.45) is 0 Å². The van der Waals surface area contributed by atoms with E-state index in [4.69, 9.17) is 11.6 Å². The highest BCUT2D eigenvalue weighted by Gasteiger charge is 2.31. The second-order valence-electron chi connectivity index (χ2n) is 6.14. The van der Waals surface area contributed by atoms with E-state index in [1.54, 1.807) is 24.3 Å². The summed E-state index contributed by atoms with van der Waals surface area (Å²) in [6.45, 7) is 1.22. The first-order valence-electron chi connectivity index (χ1n) is 8.12. The van der Waals surface area contributed by atoms with Gasteiger partial charge in [0.05, 0.1) is 5.70 Å². The van der Waals surface area contributed by atoms with E-state index in [1.165, 1.54) is 6.08 Å². The Labute approximate surface area is 165 Å². The van der Waals surface area contributed by atoms with E-state index in [0.29, 0.717) is 23.8 Å². The van der Waals surface area contributed by atoms with Crippen molar-refractivity contribution in [3.05, 3.63) is 56.6 Å². The van der Waals surface area contributed by atoms with Crippen molar-refractivity contribution in [1.29, 1.82) is 0 Å². The van der Waals surface area contributed by atoms with E-state index in [-0.39, 0.29) is 32.8 Å². The maximum atomic E-state index is 12.6. The summed E-state index contributed by atoms with van der Waals surface area (Å²) in [5.74, 6) is -1.20. The summed E-state index contributed by atoms with van der Waals surface area (Å²) in [5, 5.41) is 6.24. The van der Waals surface area contributed by atoms with E-state index >= 15 is 0 Å². The zero-order valence-corrected chi connectivity index (χ0v) is 16.3. The lowest BCUT2D eigenvalue weighted by atomic mass is 10.0. The topological polar surface area (TPSA) is 91.4 Å². The number of nitrogens with one attached hydrogen (secondary N) is 2. The number of amides is 1. The Bertz CT molecular complexity index is 935. The lowest BCUT2D eigenvalue weighted by Crippen LogP contribution is -2.31. The van der Waals surface area contributed by atoms with Gasteiger partial charge in [-0.05, 0) is 38.4 Å². The van der Waals surface area contributed by atoms with Crippen molar-refractivity contribution in [2.45, 2.75) is 0 Å². The molecule has 0 unspecified atom stereocenters. The number of carbonyl (C=O) groups is 3. The summed E-state index contributed by atoms with van der Waals surface area (Å²) in [4.78, 5) is 43.5. The van der Waals surface area contributed by atoms with Gasteiger partial charge in [-0.25, -0.2) is 4.98 Å². The number of hydrogen-bond donors (Lipinski definition) is 2. The predicted molar refractivity (Wildman–Crippen MR) is 105 cm³/mol. The molecule has 0 fully saturated rings. The number of benzene rings is 1. The maximum Gasteiger partial charge on any atom is 0.284 e. The van der Waals surface area contributed by atoms with Gasteiger partial charge in [0.25, 0.3) is 5.91 Å². The quantitative estimate of drug-likeness (QED) is 0.768. The van der Waals surface area contributed by atoms with Crippen LogP contribution in [0.2, 0.25) is 5.02 Å². The third-order valence-electron chi connectivity index (χ3n) is 3.76. The van der Waals surface area contributed by atoms with Crippen molar-refractivity contribution in [3.8, 4) is 0 Å². The van der Waals surface area contributed by atoms with Crippen LogP contribution in [0.25, 0.3) is 0 Å². The van der Waals surface area contributed by atoms with Crippen molar-refractivity contribution in [1.82, 2.24) is 15.2 Å². The fraction of sp³-hybridized carbons (Fsp3) is 0.222. The number of ketones is 2. The van der Waals surface area contributed by atoms with E-state index in [0.717, 1.165) is 11.3 Å². The number of carbonyl (C=O) groups excluding carboxylic acids is 3.